The van der Waals surface area contributed by atoms with E-state index in [0.29, 0.717) is 25.3 Å². The van der Waals surface area contributed by atoms with Gasteiger partial charge in [-0.3, -0.25) is 4.90 Å². The number of hydrogen-bond acceptors (Lipinski definition) is 4. The van der Waals surface area contributed by atoms with Gasteiger partial charge in [-0.25, -0.2) is 0 Å². The summed E-state index contributed by atoms with van der Waals surface area (Å²) in [5, 5.41) is 0. The Balaban J connectivity index is 2.14. The average molecular weight is 202 g/mol. The normalized spacial score (nSPS) is 29.4. The summed E-state index contributed by atoms with van der Waals surface area (Å²) in [7, 11) is 0. The summed E-state index contributed by atoms with van der Waals surface area (Å²) in [4.78, 5) is 2.41. The van der Waals surface area contributed by atoms with E-state index in [9.17, 15) is 0 Å². The van der Waals surface area contributed by atoms with Crippen LogP contribution in [0.4, 0.5) is 0 Å². The zero-order chi connectivity index (χ0) is 10.4. The Labute approximate surface area is 86.3 Å². The first-order chi connectivity index (χ1) is 6.74. The van der Waals surface area contributed by atoms with Gasteiger partial charge in [0.05, 0.1) is 25.9 Å². The average Bonchev–Trinajstić information content (AvgIpc) is 2.18. The monoisotopic (exact) mass is 202 g/mol. The van der Waals surface area contributed by atoms with Crippen LogP contribution < -0.4 is 5.73 Å². The van der Waals surface area contributed by atoms with Gasteiger partial charge in [0, 0.05) is 25.7 Å². The Morgan fingerprint density at radius 1 is 1.43 bits per heavy atom. The molecule has 2 N–H and O–H groups in total. The molecule has 1 heterocycles. The van der Waals surface area contributed by atoms with Gasteiger partial charge in [0.15, 0.2) is 0 Å². The van der Waals surface area contributed by atoms with Crippen molar-refractivity contribution in [2.24, 2.45) is 5.73 Å². The van der Waals surface area contributed by atoms with Gasteiger partial charge in [0.1, 0.15) is 0 Å². The molecule has 0 radical (unpaired) electrons. The quantitative estimate of drug-likeness (QED) is 0.641. The predicted octanol–water partition coefficient (Wildman–Crippen LogP) is 0.0709. The minimum atomic E-state index is 0.348. The van der Waals surface area contributed by atoms with Gasteiger partial charge in [0.25, 0.3) is 0 Å². The van der Waals surface area contributed by atoms with Gasteiger partial charge >= 0.3 is 0 Å². The molecule has 0 saturated carbocycles. The summed E-state index contributed by atoms with van der Waals surface area (Å²) in [5.74, 6) is 0. The second kappa shape index (κ2) is 6.35. The highest BCUT2D eigenvalue weighted by atomic mass is 16.5. The van der Waals surface area contributed by atoms with Crippen LogP contribution in [-0.4, -0.2) is 56.5 Å². The van der Waals surface area contributed by atoms with Crippen molar-refractivity contribution in [1.82, 2.24) is 4.90 Å². The highest BCUT2D eigenvalue weighted by molar-refractivity contribution is 4.74. The number of ether oxygens (including phenoxy) is 2. The fraction of sp³-hybridized carbons (Fsp3) is 1.00. The van der Waals surface area contributed by atoms with Crippen molar-refractivity contribution in [3.8, 4) is 0 Å². The van der Waals surface area contributed by atoms with E-state index in [1.54, 1.807) is 0 Å². The number of nitrogens with two attached hydrogens (primary N) is 1. The first-order valence-electron chi connectivity index (χ1n) is 5.37. The Bertz CT molecular complexity index is 155. The van der Waals surface area contributed by atoms with Crippen molar-refractivity contribution >= 4 is 0 Å². The maximum absolute atomic E-state index is 5.55. The smallest absolute Gasteiger partial charge is 0.0674 e. The summed E-state index contributed by atoms with van der Waals surface area (Å²) in [6.45, 7) is 9.16. The van der Waals surface area contributed by atoms with E-state index >= 15 is 0 Å². The van der Waals surface area contributed by atoms with Gasteiger partial charge in [-0.1, -0.05) is 0 Å². The van der Waals surface area contributed by atoms with Gasteiger partial charge in [-0.2, -0.15) is 0 Å². The van der Waals surface area contributed by atoms with E-state index in [4.69, 9.17) is 15.2 Å². The summed E-state index contributed by atoms with van der Waals surface area (Å²) < 4.78 is 10.9. The van der Waals surface area contributed by atoms with E-state index in [1.165, 1.54) is 0 Å². The molecule has 0 aliphatic carbocycles. The Kier molecular flexibility index (Phi) is 5.40. The van der Waals surface area contributed by atoms with Crippen molar-refractivity contribution < 1.29 is 9.47 Å². The van der Waals surface area contributed by atoms with Crippen LogP contribution in [0.15, 0.2) is 0 Å². The molecule has 0 amide bonds. The van der Waals surface area contributed by atoms with E-state index in [1.807, 2.05) is 0 Å². The Hall–Kier alpha value is -0.160. The largest absolute Gasteiger partial charge is 0.379 e. The highest BCUT2D eigenvalue weighted by Gasteiger charge is 2.22. The highest BCUT2D eigenvalue weighted by Crippen LogP contribution is 2.10. The molecule has 0 aromatic carbocycles. The molecule has 14 heavy (non-hydrogen) atoms. The molecule has 84 valence electrons. The van der Waals surface area contributed by atoms with E-state index in [2.05, 4.69) is 18.7 Å². The number of morpholine rings is 1. The van der Waals surface area contributed by atoms with Crippen molar-refractivity contribution in [3.05, 3.63) is 0 Å². The molecule has 0 aromatic heterocycles. The van der Waals surface area contributed by atoms with Crippen LogP contribution in [0.1, 0.15) is 13.8 Å². The zero-order valence-corrected chi connectivity index (χ0v) is 9.24. The van der Waals surface area contributed by atoms with Crippen molar-refractivity contribution in [1.29, 1.82) is 0 Å². The zero-order valence-electron chi connectivity index (χ0n) is 9.24. The van der Waals surface area contributed by atoms with Crippen molar-refractivity contribution in [2.45, 2.75) is 26.0 Å². The maximum atomic E-state index is 5.55. The van der Waals surface area contributed by atoms with Crippen LogP contribution in [0.5, 0.6) is 0 Å². The second-order valence-corrected chi connectivity index (χ2v) is 3.89. The summed E-state index contributed by atoms with van der Waals surface area (Å²) in [6, 6.07) is 0.507. The molecule has 0 aromatic rings. The minimum absolute atomic E-state index is 0.348. The third-order valence-electron chi connectivity index (χ3n) is 2.52. The molecule has 4 nitrogen and oxygen atoms in total. The molecular formula is C10H22N2O2. The van der Waals surface area contributed by atoms with Crippen LogP contribution >= 0.6 is 0 Å². The first kappa shape index (κ1) is 11.9. The van der Waals surface area contributed by atoms with Crippen LogP contribution in [0.2, 0.25) is 0 Å². The molecule has 2 unspecified atom stereocenters. The molecule has 2 atom stereocenters. The third-order valence-corrected chi connectivity index (χ3v) is 2.52. The first-order valence-corrected chi connectivity index (χ1v) is 5.37. The Morgan fingerprint density at radius 3 is 2.93 bits per heavy atom. The minimum Gasteiger partial charge on any atom is -0.379 e. The third kappa shape index (κ3) is 3.92. The lowest BCUT2D eigenvalue weighted by atomic mass is 10.2. The molecule has 0 spiro atoms. The standard InChI is InChI=1S/C10H22N2O2/c1-9-8-14-10(2)7-12(9)4-6-13-5-3-11/h9-10H,3-8,11H2,1-2H3. The Morgan fingerprint density at radius 2 is 2.21 bits per heavy atom. The van der Waals surface area contributed by atoms with Gasteiger partial charge < -0.3 is 15.2 Å². The van der Waals surface area contributed by atoms with Gasteiger partial charge in [-0.05, 0) is 13.8 Å². The molecular weight excluding hydrogens is 180 g/mol. The number of rotatable bonds is 5. The van der Waals surface area contributed by atoms with Gasteiger partial charge in [-0.15, -0.1) is 0 Å². The van der Waals surface area contributed by atoms with Crippen molar-refractivity contribution in [2.75, 3.05) is 39.5 Å². The second-order valence-electron chi connectivity index (χ2n) is 3.89. The van der Waals surface area contributed by atoms with Crippen LogP contribution in [0, 0.1) is 0 Å². The lowest BCUT2D eigenvalue weighted by molar-refractivity contribution is -0.0566. The fourth-order valence-corrected chi connectivity index (χ4v) is 1.65. The molecule has 1 saturated heterocycles. The van der Waals surface area contributed by atoms with E-state index < -0.39 is 0 Å². The van der Waals surface area contributed by atoms with E-state index in [-0.39, 0.29) is 0 Å². The summed E-state index contributed by atoms with van der Waals surface area (Å²) in [5.41, 5.74) is 5.34. The molecule has 1 aliphatic heterocycles. The lowest BCUT2D eigenvalue weighted by Gasteiger charge is -2.36. The van der Waals surface area contributed by atoms with Crippen molar-refractivity contribution in [3.63, 3.8) is 0 Å². The topological polar surface area (TPSA) is 47.7 Å². The van der Waals surface area contributed by atoms with Crippen LogP contribution in [0.3, 0.4) is 0 Å². The number of hydrogen-bond donors (Lipinski definition) is 1. The molecule has 1 rings (SSSR count). The van der Waals surface area contributed by atoms with Crippen LogP contribution in [0.25, 0.3) is 0 Å². The summed E-state index contributed by atoms with van der Waals surface area (Å²) in [6.07, 6.45) is 0.348. The summed E-state index contributed by atoms with van der Waals surface area (Å²) >= 11 is 0. The van der Waals surface area contributed by atoms with Crippen LogP contribution in [-0.2, 0) is 9.47 Å². The molecule has 4 heteroatoms. The fourth-order valence-electron chi connectivity index (χ4n) is 1.65. The van der Waals surface area contributed by atoms with E-state index in [0.717, 1.165) is 26.3 Å². The maximum Gasteiger partial charge on any atom is 0.0674 e. The molecule has 1 fully saturated rings. The predicted molar refractivity (Wildman–Crippen MR) is 56.3 cm³/mol. The SMILES string of the molecule is CC1CN(CCOCCN)C(C)CO1. The number of nitrogens with zero attached hydrogens (tertiary/aromatic N) is 1. The van der Waals surface area contributed by atoms with Gasteiger partial charge in [0.2, 0.25) is 0 Å². The molecule has 0 bridgehead atoms. The lowest BCUT2D eigenvalue weighted by Crippen LogP contribution is -2.48. The molecule has 1 aliphatic rings.